The highest BCUT2D eigenvalue weighted by Crippen LogP contribution is 2.33. The van der Waals surface area contributed by atoms with E-state index >= 15 is 0 Å². The Kier molecular flexibility index (Phi) is 6.56. The highest BCUT2D eigenvalue weighted by molar-refractivity contribution is 5.36. The van der Waals surface area contributed by atoms with Gasteiger partial charge in [0.05, 0.1) is 7.11 Å². The highest BCUT2D eigenvalue weighted by Gasteiger charge is 2.20. The number of nitrogens with one attached hydrogen (secondary N) is 1. The zero-order valence-electron chi connectivity index (χ0n) is 14.0. The molecule has 1 unspecified atom stereocenters. The predicted octanol–water partition coefficient (Wildman–Crippen LogP) is 5.01. The summed E-state index contributed by atoms with van der Waals surface area (Å²) in [5, 5.41) is 3.70. The lowest BCUT2D eigenvalue weighted by Gasteiger charge is -2.25. The molecule has 0 aromatic heterocycles. The average Bonchev–Trinajstić information content (AvgIpc) is 2.75. The molecule has 0 amide bonds. The van der Waals surface area contributed by atoms with Gasteiger partial charge in [-0.3, -0.25) is 0 Å². The van der Waals surface area contributed by atoms with Crippen molar-refractivity contribution in [3.05, 3.63) is 29.3 Å². The monoisotopic (exact) mass is 289 g/mol. The molecule has 1 N–H and O–H groups in total. The summed E-state index contributed by atoms with van der Waals surface area (Å²) in [6.45, 7) is 5.44. The molecule has 1 aliphatic carbocycles. The van der Waals surface area contributed by atoms with Crippen LogP contribution in [0.2, 0.25) is 0 Å². The van der Waals surface area contributed by atoms with Crippen LogP contribution in [-0.2, 0) is 0 Å². The number of ether oxygens (including phenoxy) is 1. The van der Waals surface area contributed by atoms with Crippen molar-refractivity contribution in [2.24, 2.45) is 5.92 Å². The van der Waals surface area contributed by atoms with Gasteiger partial charge in [-0.05, 0) is 49.1 Å². The van der Waals surface area contributed by atoms with Crippen molar-refractivity contribution in [1.29, 1.82) is 0 Å². The van der Waals surface area contributed by atoms with Crippen LogP contribution in [0.3, 0.4) is 0 Å². The quantitative estimate of drug-likeness (QED) is 0.743. The molecule has 0 radical (unpaired) electrons. The molecule has 1 atom stereocenters. The molecule has 2 heteroatoms. The van der Waals surface area contributed by atoms with Crippen LogP contribution < -0.4 is 10.1 Å². The van der Waals surface area contributed by atoms with Crippen molar-refractivity contribution >= 4 is 0 Å². The minimum absolute atomic E-state index is 0.490. The minimum Gasteiger partial charge on any atom is -0.497 e. The van der Waals surface area contributed by atoms with Gasteiger partial charge in [-0.1, -0.05) is 51.5 Å². The smallest absolute Gasteiger partial charge is 0.119 e. The standard InChI is InChI=1S/C19H31NO/c1-4-20-19(14-16-9-7-5-6-8-10-16)18-12-11-17(21-3)13-15(18)2/h11-13,16,19-20H,4-10,14H2,1-3H3. The molecule has 0 saturated heterocycles. The molecule has 2 rings (SSSR count). The van der Waals surface area contributed by atoms with Crippen LogP contribution in [-0.4, -0.2) is 13.7 Å². The SMILES string of the molecule is CCNC(CC1CCCCCC1)c1ccc(OC)cc1C. The highest BCUT2D eigenvalue weighted by atomic mass is 16.5. The van der Waals surface area contributed by atoms with Gasteiger partial charge in [0, 0.05) is 6.04 Å². The second-order valence-corrected chi connectivity index (χ2v) is 6.43. The topological polar surface area (TPSA) is 21.3 Å². The van der Waals surface area contributed by atoms with Gasteiger partial charge in [-0.25, -0.2) is 0 Å². The second-order valence-electron chi connectivity index (χ2n) is 6.43. The van der Waals surface area contributed by atoms with Crippen LogP contribution in [0.25, 0.3) is 0 Å². The van der Waals surface area contributed by atoms with Crippen LogP contribution in [0.5, 0.6) is 5.75 Å². The third-order valence-electron chi connectivity index (χ3n) is 4.85. The third-order valence-corrected chi connectivity index (χ3v) is 4.85. The van der Waals surface area contributed by atoms with Gasteiger partial charge in [-0.15, -0.1) is 0 Å². The van der Waals surface area contributed by atoms with E-state index in [-0.39, 0.29) is 0 Å². The number of hydrogen-bond donors (Lipinski definition) is 1. The maximum absolute atomic E-state index is 5.34. The van der Waals surface area contributed by atoms with Crippen molar-refractivity contribution in [3.63, 3.8) is 0 Å². The van der Waals surface area contributed by atoms with Crippen LogP contribution in [0, 0.1) is 12.8 Å². The van der Waals surface area contributed by atoms with Crippen LogP contribution >= 0.6 is 0 Å². The van der Waals surface area contributed by atoms with E-state index in [4.69, 9.17) is 4.74 Å². The first-order valence-corrected chi connectivity index (χ1v) is 8.62. The van der Waals surface area contributed by atoms with E-state index in [0.29, 0.717) is 6.04 Å². The summed E-state index contributed by atoms with van der Waals surface area (Å²) in [5.74, 6) is 1.85. The minimum atomic E-state index is 0.490. The Bertz CT molecular complexity index is 422. The first kappa shape index (κ1) is 16.4. The maximum atomic E-state index is 5.34. The van der Waals surface area contributed by atoms with Crippen LogP contribution in [0.1, 0.15) is 69.0 Å². The molecule has 0 heterocycles. The second kappa shape index (κ2) is 8.43. The van der Waals surface area contributed by atoms with E-state index in [9.17, 15) is 0 Å². The molecule has 0 aliphatic heterocycles. The van der Waals surface area contributed by atoms with Crippen LogP contribution in [0.4, 0.5) is 0 Å². The van der Waals surface area contributed by atoms with E-state index in [1.165, 1.54) is 56.1 Å². The predicted molar refractivity (Wildman–Crippen MR) is 90.0 cm³/mol. The fourth-order valence-corrected chi connectivity index (χ4v) is 3.67. The summed E-state index contributed by atoms with van der Waals surface area (Å²) in [5.41, 5.74) is 2.79. The Balaban J connectivity index is 2.10. The number of rotatable bonds is 6. The van der Waals surface area contributed by atoms with E-state index < -0.39 is 0 Å². The van der Waals surface area contributed by atoms with Crippen molar-refractivity contribution < 1.29 is 4.74 Å². The first-order valence-electron chi connectivity index (χ1n) is 8.62. The van der Waals surface area contributed by atoms with Crippen molar-refractivity contribution in [1.82, 2.24) is 5.32 Å². The molecule has 0 bridgehead atoms. The summed E-state index contributed by atoms with van der Waals surface area (Å²) >= 11 is 0. The Morgan fingerprint density at radius 3 is 2.48 bits per heavy atom. The third kappa shape index (κ3) is 4.74. The fraction of sp³-hybridized carbons (Fsp3) is 0.684. The van der Waals surface area contributed by atoms with E-state index in [1.54, 1.807) is 7.11 Å². The number of benzene rings is 1. The summed E-state index contributed by atoms with van der Waals surface area (Å²) in [6, 6.07) is 6.99. The van der Waals surface area contributed by atoms with Gasteiger partial charge in [0.2, 0.25) is 0 Å². The summed E-state index contributed by atoms with van der Waals surface area (Å²) in [7, 11) is 1.74. The molecule has 1 saturated carbocycles. The average molecular weight is 289 g/mol. The van der Waals surface area contributed by atoms with Gasteiger partial charge in [0.1, 0.15) is 5.75 Å². The molecule has 21 heavy (non-hydrogen) atoms. The Labute approximate surface area is 130 Å². The zero-order valence-corrected chi connectivity index (χ0v) is 14.0. The molecule has 0 spiro atoms. The van der Waals surface area contributed by atoms with Gasteiger partial charge < -0.3 is 10.1 Å². The van der Waals surface area contributed by atoms with E-state index in [1.807, 2.05) is 0 Å². The Hall–Kier alpha value is -1.02. The Morgan fingerprint density at radius 2 is 1.90 bits per heavy atom. The van der Waals surface area contributed by atoms with Crippen molar-refractivity contribution in [3.8, 4) is 5.75 Å². The summed E-state index contributed by atoms with van der Waals surface area (Å²) in [6.07, 6.45) is 9.82. The van der Waals surface area contributed by atoms with Crippen molar-refractivity contribution in [2.75, 3.05) is 13.7 Å². The zero-order chi connectivity index (χ0) is 15.1. The normalized spacial score (nSPS) is 18.2. The van der Waals surface area contributed by atoms with E-state index in [2.05, 4.69) is 37.4 Å². The number of aryl methyl sites for hydroxylation is 1. The molecular formula is C19H31NO. The largest absolute Gasteiger partial charge is 0.497 e. The van der Waals surface area contributed by atoms with Crippen LogP contribution in [0.15, 0.2) is 18.2 Å². The molecule has 2 nitrogen and oxygen atoms in total. The summed E-state index contributed by atoms with van der Waals surface area (Å²) < 4.78 is 5.34. The van der Waals surface area contributed by atoms with Gasteiger partial charge >= 0.3 is 0 Å². The Morgan fingerprint density at radius 1 is 1.19 bits per heavy atom. The number of hydrogen-bond acceptors (Lipinski definition) is 2. The molecule has 1 fully saturated rings. The van der Waals surface area contributed by atoms with E-state index in [0.717, 1.165) is 18.2 Å². The molecule has 1 aromatic rings. The first-order chi connectivity index (χ1) is 10.2. The van der Waals surface area contributed by atoms with Gasteiger partial charge in [-0.2, -0.15) is 0 Å². The number of methoxy groups -OCH3 is 1. The molecule has 1 aliphatic rings. The lowest BCUT2D eigenvalue weighted by molar-refractivity contribution is 0.358. The van der Waals surface area contributed by atoms with Gasteiger partial charge in [0.25, 0.3) is 0 Å². The van der Waals surface area contributed by atoms with Crippen molar-refractivity contribution in [2.45, 2.75) is 64.8 Å². The molecule has 1 aromatic carbocycles. The lowest BCUT2D eigenvalue weighted by Crippen LogP contribution is -2.24. The lowest BCUT2D eigenvalue weighted by atomic mass is 9.88. The van der Waals surface area contributed by atoms with Gasteiger partial charge in [0.15, 0.2) is 0 Å². The molecular weight excluding hydrogens is 258 g/mol. The fourth-order valence-electron chi connectivity index (χ4n) is 3.67. The maximum Gasteiger partial charge on any atom is 0.119 e. The molecule has 118 valence electrons. The summed E-state index contributed by atoms with van der Waals surface area (Å²) in [4.78, 5) is 0.